The summed E-state index contributed by atoms with van der Waals surface area (Å²) >= 11 is 0. The highest BCUT2D eigenvalue weighted by atomic mass is 16.1. The van der Waals surface area contributed by atoms with E-state index in [2.05, 4.69) is 37.9 Å². The first-order valence-electron chi connectivity index (χ1n) is 11.5. The molecule has 5 rings (SSSR count). The number of nitrogens with zero attached hydrogens (tertiary/aromatic N) is 4. The summed E-state index contributed by atoms with van der Waals surface area (Å²) < 4.78 is 1.72. The first kappa shape index (κ1) is 22.8. The van der Waals surface area contributed by atoms with E-state index in [-0.39, 0.29) is 5.91 Å². The smallest absolute Gasteiger partial charge is 0.255 e. The van der Waals surface area contributed by atoms with E-state index in [1.165, 1.54) is 5.56 Å². The summed E-state index contributed by atoms with van der Waals surface area (Å²) in [7, 11) is 0. The maximum absolute atomic E-state index is 12.8. The first-order valence-corrected chi connectivity index (χ1v) is 11.5. The van der Waals surface area contributed by atoms with E-state index in [4.69, 9.17) is 0 Å². The molecule has 0 aliphatic carbocycles. The van der Waals surface area contributed by atoms with Crippen molar-refractivity contribution < 1.29 is 4.79 Å². The van der Waals surface area contributed by atoms with Crippen molar-refractivity contribution in [1.82, 2.24) is 19.7 Å². The van der Waals surface area contributed by atoms with Gasteiger partial charge >= 0.3 is 0 Å². The number of anilines is 5. The maximum atomic E-state index is 12.8. The Labute approximate surface area is 209 Å². The molecule has 0 spiro atoms. The second-order valence-corrected chi connectivity index (χ2v) is 8.33. The monoisotopic (exact) mass is 475 g/mol. The maximum Gasteiger partial charge on any atom is 0.255 e. The average Bonchev–Trinajstić information content (AvgIpc) is 3.42. The van der Waals surface area contributed by atoms with E-state index >= 15 is 0 Å². The largest absolute Gasteiger partial charge is 0.340 e. The lowest BCUT2D eigenvalue weighted by Crippen LogP contribution is -2.12. The molecular weight excluding hydrogens is 450 g/mol. The number of aryl methyl sites for hydroxylation is 2. The van der Waals surface area contributed by atoms with E-state index in [1.54, 1.807) is 23.0 Å². The Morgan fingerprint density at radius 3 is 2.03 bits per heavy atom. The molecule has 8 heteroatoms. The first-order chi connectivity index (χ1) is 17.5. The number of hydrogen-bond acceptors (Lipinski definition) is 6. The minimum absolute atomic E-state index is 0.192. The van der Waals surface area contributed by atoms with Gasteiger partial charge in [-0.15, -0.1) is 0 Å². The molecule has 0 fully saturated rings. The fourth-order valence-corrected chi connectivity index (χ4v) is 3.68. The van der Waals surface area contributed by atoms with Crippen molar-refractivity contribution in [2.45, 2.75) is 13.8 Å². The van der Waals surface area contributed by atoms with Crippen molar-refractivity contribution in [1.29, 1.82) is 0 Å². The highest BCUT2D eigenvalue weighted by Gasteiger charge is 2.09. The molecule has 8 nitrogen and oxygen atoms in total. The molecule has 3 N–H and O–H groups in total. The van der Waals surface area contributed by atoms with E-state index in [9.17, 15) is 4.79 Å². The van der Waals surface area contributed by atoms with Crippen LogP contribution in [-0.2, 0) is 0 Å². The summed E-state index contributed by atoms with van der Waals surface area (Å²) in [5, 5.41) is 13.8. The lowest BCUT2D eigenvalue weighted by atomic mass is 10.2. The lowest BCUT2D eigenvalue weighted by molar-refractivity contribution is 0.102. The van der Waals surface area contributed by atoms with Gasteiger partial charge in [-0.1, -0.05) is 23.8 Å². The molecule has 2 heterocycles. The van der Waals surface area contributed by atoms with Crippen molar-refractivity contribution >= 4 is 34.6 Å². The van der Waals surface area contributed by atoms with Crippen LogP contribution < -0.4 is 16.0 Å². The van der Waals surface area contributed by atoms with Gasteiger partial charge in [0.05, 0.1) is 5.69 Å². The van der Waals surface area contributed by atoms with Gasteiger partial charge in [-0.25, -0.2) is 14.6 Å². The molecule has 36 heavy (non-hydrogen) atoms. The molecular formula is C28H25N7O. The van der Waals surface area contributed by atoms with Crippen LogP contribution in [-0.4, -0.2) is 25.7 Å². The summed E-state index contributed by atoms with van der Waals surface area (Å²) in [4.78, 5) is 21.7. The van der Waals surface area contributed by atoms with Gasteiger partial charge in [-0.2, -0.15) is 5.10 Å². The normalized spacial score (nSPS) is 10.6. The van der Waals surface area contributed by atoms with Gasteiger partial charge in [0.25, 0.3) is 5.91 Å². The molecule has 3 aromatic carbocycles. The molecule has 0 radical (unpaired) electrons. The van der Waals surface area contributed by atoms with E-state index in [1.807, 2.05) is 85.9 Å². The molecule has 1 amide bonds. The minimum Gasteiger partial charge on any atom is -0.340 e. The fraction of sp³-hybridized carbons (Fsp3) is 0.0714. The predicted octanol–water partition coefficient (Wildman–Crippen LogP) is 6.02. The summed E-state index contributed by atoms with van der Waals surface area (Å²) in [6.07, 6.45) is 3.54. The summed E-state index contributed by atoms with van der Waals surface area (Å²) in [6, 6.07) is 26.6. The van der Waals surface area contributed by atoms with E-state index in [0.29, 0.717) is 28.7 Å². The number of carbonyl (C=O) groups excluding carboxylic acids is 1. The number of aromatic nitrogens is 4. The van der Waals surface area contributed by atoms with Crippen LogP contribution in [0.3, 0.4) is 0 Å². The van der Waals surface area contributed by atoms with Crippen LogP contribution in [0, 0.1) is 13.8 Å². The lowest BCUT2D eigenvalue weighted by Gasteiger charge is -2.11. The van der Waals surface area contributed by atoms with Gasteiger partial charge in [-0.3, -0.25) is 4.79 Å². The average molecular weight is 476 g/mol. The third-order valence-corrected chi connectivity index (χ3v) is 5.45. The number of benzene rings is 3. The number of amides is 1. The molecule has 0 unspecified atom stereocenters. The molecule has 0 aliphatic rings. The Hall–Kier alpha value is -4.98. The summed E-state index contributed by atoms with van der Waals surface area (Å²) in [5.41, 5.74) is 5.06. The van der Waals surface area contributed by atoms with Crippen LogP contribution in [0.5, 0.6) is 0 Å². The van der Waals surface area contributed by atoms with E-state index in [0.717, 1.165) is 17.1 Å². The fourth-order valence-electron chi connectivity index (χ4n) is 3.68. The quantitative estimate of drug-likeness (QED) is 0.266. The van der Waals surface area contributed by atoms with Crippen LogP contribution in [0.4, 0.5) is 28.7 Å². The molecule has 2 aromatic heterocycles. The standard InChI is InChI=1S/C28H25N7O/c1-19-7-9-22(10-8-19)32-26-18-27(31-20(2)30-26)33-23-11-13-24(14-12-23)34-28(36)21-5-3-6-25(17-21)35-16-4-15-29-35/h3-18H,1-2H3,(H,34,36)(H2,30,31,32,33). The van der Waals surface area contributed by atoms with Gasteiger partial charge in [0.2, 0.25) is 0 Å². The van der Waals surface area contributed by atoms with Crippen molar-refractivity contribution in [3.05, 3.63) is 114 Å². The number of rotatable bonds is 7. The number of carbonyl (C=O) groups is 1. The van der Waals surface area contributed by atoms with Crippen molar-refractivity contribution in [3.63, 3.8) is 0 Å². The van der Waals surface area contributed by atoms with Crippen LogP contribution in [0.25, 0.3) is 5.69 Å². The molecule has 0 bridgehead atoms. The summed E-state index contributed by atoms with van der Waals surface area (Å²) in [5.74, 6) is 1.83. The number of hydrogen-bond donors (Lipinski definition) is 3. The van der Waals surface area contributed by atoms with Gasteiger partial charge < -0.3 is 16.0 Å². The molecule has 5 aromatic rings. The zero-order chi connectivity index (χ0) is 24.9. The molecule has 0 saturated heterocycles. The zero-order valence-corrected chi connectivity index (χ0v) is 19.9. The predicted molar refractivity (Wildman–Crippen MR) is 142 cm³/mol. The van der Waals surface area contributed by atoms with Crippen LogP contribution in [0.1, 0.15) is 21.7 Å². The second-order valence-electron chi connectivity index (χ2n) is 8.33. The third-order valence-electron chi connectivity index (χ3n) is 5.45. The highest BCUT2D eigenvalue weighted by Crippen LogP contribution is 2.22. The SMILES string of the molecule is Cc1ccc(Nc2cc(Nc3ccc(NC(=O)c4cccc(-n5cccn5)c4)cc3)nc(C)n2)cc1. The number of nitrogens with one attached hydrogen (secondary N) is 3. The molecule has 178 valence electrons. The Morgan fingerprint density at radius 1 is 0.750 bits per heavy atom. The Bertz CT molecular complexity index is 1480. The third kappa shape index (κ3) is 5.56. The highest BCUT2D eigenvalue weighted by molar-refractivity contribution is 6.04. The molecule has 0 atom stereocenters. The van der Waals surface area contributed by atoms with Gasteiger partial charge in [-0.05, 0) is 74.5 Å². The summed E-state index contributed by atoms with van der Waals surface area (Å²) in [6.45, 7) is 3.91. The second kappa shape index (κ2) is 10.1. The van der Waals surface area contributed by atoms with Crippen molar-refractivity contribution in [2.75, 3.05) is 16.0 Å². The van der Waals surface area contributed by atoms with Gasteiger partial charge in [0.15, 0.2) is 0 Å². The van der Waals surface area contributed by atoms with Gasteiger partial charge in [0, 0.05) is 41.1 Å². The Morgan fingerprint density at radius 2 is 1.39 bits per heavy atom. The topological polar surface area (TPSA) is 96.8 Å². The Kier molecular flexibility index (Phi) is 6.40. The van der Waals surface area contributed by atoms with Crippen LogP contribution in [0.15, 0.2) is 97.3 Å². The minimum atomic E-state index is -0.192. The molecule has 0 saturated carbocycles. The van der Waals surface area contributed by atoms with E-state index < -0.39 is 0 Å². The van der Waals surface area contributed by atoms with Crippen molar-refractivity contribution in [3.8, 4) is 5.69 Å². The Balaban J connectivity index is 1.25. The van der Waals surface area contributed by atoms with Crippen molar-refractivity contribution in [2.24, 2.45) is 0 Å². The van der Waals surface area contributed by atoms with Crippen LogP contribution >= 0.6 is 0 Å². The van der Waals surface area contributed by atoms with Gasteiger partial charge in [0.1, 0.15) is 17.5 Å². The van der Waals surface area contributed by atoms with Crippen LogP contribution in [0.2, 0.25) is 0 Å². The zero-order valence-electron chi connectivity index (χ0n) is 19.9. The molecule has 0 aliphatic heterocycles.